The maximum Gasteiger partial charge on any atom is 0.330 e. The number of nitrogens with two attached hydrogens (primary N) is 4. The van der Waals surface area contributed by atoms with E-state index in [1.54, 1.807) is 71.2 Å². The third-order valence-corrected chi connectivity index (χ3v) is 22.6. The second-order valence-electron chi connectivity index (χ2n) is 26.8. The minimum absolute atomic E-state index is 0.000725. The SMILES string of the molecule is C=CC(=O)OCCOc1cc(N)c2c(c1N)C(=O)c1ccccc1C2=O.C=CC(=O)OCCOc1cc2c3ccccc3c(=O)c3ccc4c5ccccc5sc1c4c32.C=CC(=O)OCCn1c(=O)c2c(N)c3c(=O)c4ccccc4c(=O)c3c(N)c2c1=O.C=CC(=O)OCCn1c(=O)c2ccc3sc4ccccc4c4ccc(c1=O)c2c34. The molecular formula is C91H64N6O19S2. The molecule has 8 N–H and O–H groups in total. The van der Waals surface area contributed by atoms with Crippen LogP contribution < -0.4 is 70.9 Å². The first-order chi connectivity index (χ1) is 57.0. The van der Waals surface area contributed by atoms with Crippen LogP contribution in [0.3, 0.4) is 0 Å². The van der Waals surface area contributed by atoms with Gasteiger partial charge >= 0.3 is 23.9 Å². The zero-order valence-corrected chi connectivity index (χ0v) is 63.9. The predicted molar refractivity (Wildman–Crippen MR) is 463 cm³/mol. The molecule has 0 amide bonds. The van der Waals surface area contributed by atoms with Crippen LogP contribution in [0.5, 0.6) is 11.5 Å². The Kier molecular flexibility index (Phi) is 21.1. The fourth-order valence-electron chi connectivity index (χ4n) is 15.1. The van der Waals surface area contributed by atoms with Gasteiger partial charge in [0.15, 0.2) is 27.9 Å². The number of fused-ring (bicyclic) bond motifs is 11. The Morgan fingerprint density at radius 2 is 0.720 bits per heavy atom. The number of carbonyl (C=O) groups is 6. The summed E-state index contributed by atoms with van der Waals surface area (Å²) in [7, 11) is 0. The minimum Gasteiger partial charge on any atom is -0.489 e. The second-order valence-corrected chi connectivity index (χ2v) is 29.0. The van der Waals surface area contributed by atoms with Gasteiger partial charge < -0.3 is 51.4 Å². The van der Waals surface area contributed by atoms with Crippen LogP contribution >= 0.6 is 22.7 Å². The van der Waals surface area contributed by atoms with Gasteiger partial charge in [0.1, 0.15) is 51.1 Å². The summed E-state index contributed by atoms with van der Waals surface area (Å²) < 4.78 is 37.5. The van der Waals surface area contributed by atoms with Crippen molar-refractivity contribution >= 4 is 207 Å². The maximum absolute atomic E-state index is 13.4. The quantitative estimate of drug-likeness (QED) is 0.00906. The molecule has 0 atom stereocenters. The van der Waals surface area contributed by atoms with Crippen molar-refractivity contribution in [3.05, 3.63) is 315 Å². The van der Waals surface area contributed by atoms with Gasteiger partial charge in [0.2, 0.25) is 0 Å². The number of pyridine rings is 1. The number of aromatic nitrogens is 2. The second kappa shape index (κ2) is 31.9. The number of ether oxygens (including phenoxy) is 6. The molecule has 4 heterocycles. The first-order valence-electron chi connectivity index (χ1n) is 36.4. The highest BCUT2D eigenvalue weighted by Gasteiger charge is 2.35. The molecule has 17 aromatic rings. The summed E-state index contributed by atoms with van der Waals surface area (Å²) in [5, 5.41) is 11.8. The Balaban J connectivity index is 0.000000124. The van der Waals surface area contributed by atoms with E-state index in [0.717, 1.165) is 106 Å². The van der Waals surface area contributed by atoms with Gasteiger partial charge in [0.25, 0.3) is 22.2 Å². The molecule has 0 radical (unpaired) electrons. The lowest BCUT2D eigenvalue weighted by Gasteiger charge is -2.22. The third-order valence-electron chi connectivity index (χ3n) is 20.3. The Hall–Kier alpha value is -15.4. The van der Waals surface area contributed by atoms with Gasteiger partial charge in [0, 0.05) is 115 Å². The molecule has 118 heavy (non-hydrogen) atoms. The number of carbonyl (C=O) groups excluding carboxylic acids is 6. The van der Waals surface area contributed by atoms with E-state index in [2.05, 4.69) is 50.6 Å². The van der Waals surface area contributed by atoms with Gasteiger partial charge in [0.05, 0.1) is 67.5 Å². The van der Waals surface area contributed by atoms with Crippen molar-refractivity contribution in [3.63, 3.8) is 0 Å². The molecule has 0 saturated heterocycles. The van der Waals surface area contributed by atoms with Crippen molar-refractivity contribution in [2.45, 2.75) is 13.1 Å². The van der Waals surface area contributed by atoms with Crippen LogP contribution in [-0.2, 0) is 51.2 Å². The zero-order valence-electron chi connectivity index (χ0n) is 62.2. The standard InChI is InChI=1S/C28H18O4S.C23H15NO4S.C21H15N3O6.C19H16N2O5/c1-2-24(29)32-14-13-31-22-15-21-16-7-3-4-9-19(16)27(30)20-12-11-18-17-8-5-6-10-23(17)33-28(22)26(18)25(20)21;1-2-19(25)28-12-11-24-22(26)15-8-7-14-13-5-3-4-6-17(13)29-18-10-9-16(23(24)27)20(15)21(14)18;1-2-11(25)30-8-7-24-20(28)14-15(21(24)29)17(23)13-12(16(14)22)18(26)9-5-3-4-6-10(9)19(13)27;1-2-14(22)26-8-7-25-13-9-12(20)15-16(17(13)21)19(24)11-6-4-3-5-10(11)18(15)23/h2-12,15H,1,13-14H2;2-10H,1,11-12H2;2-6H,1,7-8,22-23H2;2-6,9H,1,7-8,20-21H2. The van der Waals surface area contributed by atoms with E-state index in [1.165, 1.54) is 18.2 Å². The number of rotatable bonds is 18. The lowest BCUT2D eigenvalue weighted by atomic mass is 9.82. The van der Waals surface area contributed by atoms with Gasteiger partial charge in [-0.05, 0) is 74.8 Å². The fraction of sp³-hybridized carbons (Fsp3) is 0.0879. The number of ketones is 2. The number of hydrogen-bond acceptors (Lipinski definition) is 25. The number of nitrogen functional groups attached to an aromatic ring is 4. The van der Waals surface area contributed by atoms with E-state index < -0.39 is 45.9 Å². The molecule has 0 unspecified atom stereocenters. The van der Waals surface area contributed by atoms with Gasteiger partial charge in [-0.1, -0.05) is 148 Å². The Bertz CT molecular complexity index is 7550. The van der Waals surface area contributed by atoms with E-state index >= 15 is 0 Å². The summed E-state index contributed by atoms with van der Waals surface area (Å²) in [4.78, 5) is 162. The summed E-state index contributed by atoms with van der Waals surface area (Å²) in [6.45, 7) is 13.0. The van der Waals surface area contributed by atoms with Crippen molar-refractivity contribution in [1.29, 1.82) is 0 Å². The van der Waals surface area contributed by atoms with Gasteiger partial charge in [-0.15, -0.1) is 22.7 Å². The smallest absolute Gasteiger partial charge is 0.330 e. The molecule has 1 aliphatic carbocycles. The topological polar surface area (TPSA) is 391 Å². The van der Waals surface area contributed by atoms with Crippen LogP contribution in [0.1, 0.15) is 31.8 Å². The highest BCUT2D eigenvalue weighted by atomic mass is 32.1. The van der Waals surface area contributed by atoms with E-state index in [1.807, 2.05) is 78.9 Å². The average Bonchev–Trinajstić information content (AvgIpc) is 1.13. The number of nitrogens with zero attached hydrogens (tertiary/aromatic N) is 2. The van der Waals surface area contributed by atoms with Crippen LogP contribution in [0.15, 0.2) is 254 Å². The summed E-state index contributed by atoms with van der Waals surface area (Å²) in [5.41, 5.74) is 21.2. The number of hydrogen-bond donors (Lipinski definition) is 4. The van der Waals surface area contributed by atoms with E-state index in [0.29, 0.717) is 32.9 Å². The fourth-order valence-corrected chi connectivity index (χ4v) is 17.4. The predicted octanol–water partition coefficient (Wildman–Crippen LogP) is 12.4. The van der Waals surface area contributed by atoms with Gasteiger partial charge in [-0.3, -0.25) is 52.3 Å². The van der Waals surface area contributed by atoms with Crippen LogP contribution in [0.4, 0.5) is 22.7 Å². The Morgan fingerprint density at radius 1 is 0.322 bits per heavy atom. The summed E-state index contributed by atoms with van der Waals surface area (Å²) in [5.74, 6) is -2.23. The number of anilines is 4. The van der Waals surface area contributed by atoms with Crippen LogP contribution in [-0.4, -0.2) is 84.2 Å². The molecule has 27 heteroatoms. The summed E-state index contributed by atoms with van der Waals surface area (Å²) >= 11 is 3.29. The third kappa shape index (κ3) is 13.4. The Morgan fingerprint density at radius 3 is 1.24 bits per heavy atom. The Labute approximate surface area is 671 Å². The maximum atomic E-state index is 13.4. The zero-order chi connectivity index (χ0) is 83.2. The largest absolute Gasteiger partial charge is 0.489 e. The molecule has 0 spiro atoms. The molecule has 584 valence electrons. The molecule has 1 aliphatic rings. The van der Waals surface area contributed by atoms with Crippen molar-refractivity contribution in [2.24, 2.45) is 0 Å². The lowest BCUT2D eigenvalue weighted by Crippen LogP contribution is -2.35. The van der Waals surface area contributed by atoms with Crippen LogP contribution in [0, 0.1) is 0 Å². The average molecular weight is 1610 g/mol. The van der Waals surface area contributed by atoms with Crippen LogP contribution in [0.25, 0.3) is 127 Å². The molecule has 18 rings (SSSR count). The summed E-state index contributed by atoms with van der Waals surface area (Å²) in [6, 6.07) is 51.6. The first kappa shape index (κ1) is 77.9. The van der Waals surface area contributed by atoms with E-state index in [-0.39, 0.29) is 158 Å². The molecule has 0 bridgehead atoms. The van der Waals surface area contributed by atoms with E-state index in [4.69, 9.17) is 51.4 Å². The normalized spacial score (nSPS) is 11.7. The summed E-state index contributed by atoms with van der Waals surface area (Å²) in [6.07, 6.45) is 4.17. The van der Waals surface area contributed by atoms with Crippen molar-refractivity contribution in [2.75, 3.05) is 62.6 Å². The molecule has 0 fully saturated rings. The number of benzene rings is 13. The molecule has 25 nitrogen and oxygen atoms in total. The number of esters is 4. The molecule has 13 aromatic carbocycles. The van der Waals surface area contributed by atoms with Gasteiger partial charge in [-0.25, -0.2) is 19.2 Å². The molecule has 0 aliphatic heterocycles. The molecular weight excluding hydrogens is 1550 g/mol. The minimum atomic E-state index is -0.782. The highest BCUT2D eigenvalue weighted by molar-refractivity contribution is 7.25. The first-order valence-corrected chi connectivity index (χ1v) is 38.1. The van der Waals surface area contributed by atoms with Crippen molar-refractivity contribution in [3.8, 4) is 11.5 Å². The van der Waals surface area contributed by atoms with Gasteiger partial charge in [-0.2, -0.15) is 0 Å². The molecule has 0 saturated carbocycles. The van der Waals surface area contributed by atoms with Crippen molar-refractivity contribution < 1.29 is 57.2 Å². The van der Waals surface area contributed by atoms with Crippen molar-refractivity contribution in [1.82, 2.24) is 9.13 Å². The van der Waals surface area contributed by atoms with Crippen LogP contribution in [0.2, 0.25) is 0 Å². The molecule has 4 aromatic heterocycles. The lowest BCUT2D eigenvalue weighted by molar-refractivity contribution is -0.139. The monoisotopic (exact) mass is 1610 g/mol. The highest BCUT2D eigenvalue weighted by Crippen LogP contribution is 2.47. The van der Waals surface area contributed by atoms with E-state index in [9.17, 15) is 62.3 Å².